The van der Waals surface area contributed by atoms with E-state index in [-0.39, 0.29) is 5.75 Å². The summed E-state index contributed by atoms with van der Waals surface area (Å²) in [5.41, 5.74) is 8.93. The number of nitrogens with two attached hydrogens (primary N) is 1. The Balaban J connectivity index is 1.88. The predicted octanol–water partition coefficient (Wildman–Crippen LogP) is 2.72. The van der Waals surface area contributed by atoms with Gasteiger partial charge in [-0.1, -0.05) is 0 Å². The van der Waals surface area contributed by atoms with Crippen LogP contribution in [0.25, 0.3) is 0 Å². The molecule has 1 aliphatic rings. The fourth-order valence-corrected chi connectivity index (χ4v) is 2.26. The molecule has 1 unspecified atom stereocenters. The van der Waals surface area contributed by atoms with E-state index in [4.69, 9.17) is 15.2 Å². The highest BCUT2D eigenvalue weighted by molar-refractivity contribution is 5.48. The van der Waals surface area contributed by atoms with Crippen LogP contribution in [0.1, 0.15) is 23.0 Å². The first-order valence-corrected chi connectivity index (χ1v) is 6.61. The van der Waals surface area contributed by atoms with Gasteiger partial charge in [-0.05, 0) is 43.7 Å². The highest BCUT2D eigenvalue weighted by Gasteiger charge is 2.22. The maximum atomic E-state index is 9.41. The van der Waals surface area contributed by atoms with Crippen molar-refractivity contribution in [2.45, 2.75) is 19.9 Å². The minimum atomic E-state index is -0.509. The van der Waals surface area contributed by atoms with Gasteiger partial charge in [0.2, 0.25) is 0 Å². The summed E-state index contributed by atoms with van der Waals surface area (Å²) in [5, 5.41) is 9.41. The van der Waals surface area contributed by atoms with Crippen LogP contribution in [-0.4, -0.2) is 10.1 Å². The van der Waals surface area contributed by atoms with E-state index in [1.165, 1.54) is 18.4 Å². The fourth-order valence-electron chi connectivity index (χ4n) is 2.26. The van der Waals surface area contributed by atoms with Crippen LogP contribution in [0.3, 0.4) is 0 Å². The van der Waals surface area contributed by atoms with Crippen molar-refractivity contribution in [2.75, 3.05) is 0 Å². The minimum absolute atomic E-state index is 0.120. The lowest BCUT2D eigenvalue weighted by Gasteiger charge is -2.22. The number of benzene rings is 1. The Morgan fingerprint density at radius 1 is 1.14 bits per heavy atom. The van der Waals surface area contributed by atoms with Crippen molar-refractivity contribution >= 4 is 0 Å². The number of phenols is 1. The zero-order chi connectivity index (χ0) is 15.0. The molecule has 1 aliphatic heterocycles. The minimum Gasteiger partial charge on any atom is -0.508 e. The summed E-state index contributed by atoms with van der Waals surface area (Å²) in [6.45, 7) is 3.92. The summed E-state index contributed by atoms with van der Waals surface area (Å²) in [4.78, 5) is 4.44. The summed E-state index contributed by atoms with van der Waals surface area (Å²) in [5.74, 6) is 1.57. The molecule has 21 heavy (non-hydrogen) atoms. The van der Waals surface area contributed by atoms with Gasteiger partial charge in [0.05, 0.1) is 5.69 Å². The topological polar surface area (TPSA) is 77.6 Å². The number of aryl methyl sites for hydroxylation is 2. The third-order valence-corrected chi connectivity index (χ3v) is 3.20. The molecule has 5 heteroatoms. The lowest BCUT2D eigenvalue weighted by molar-refractivity contribution is 0.299. The summed E-state index contributed by atoms with van der Waals surface area (Å²) in [6, 6.07) is 8.06. The molecule has 1 aromatic heterocycles. The van der Waals surface area contributed by atoms with Crippen molar-refractivity contribution in [1.29, 1.82) is 0 Å². The molecular weight excluding hydrogens is 268 g/mol. The monoisotopic (exact) mass is 284 g/mol. The molecule has 0 aliphatic carbocycles. The van der Waals surface area contributed by atoms with E-state index in [1.54, 1.807) is 6.07 Å². The first kappa shape index (κ1) is 13.5. The molecule has 0 radical (unpaired) electrons. The van der Waals surface area contributed by atoms with Crippen LogP contribution in [0.2, 0.25) is 0 Å². The number of fused-ring (bicyclic) bond motifs is 1. The Bertz CT molecular complexity index is 705. The Labute approximate surface area is 122 Å². The molecule has 0 saturated heterocycles. The molecule has 1 aromatic carbocycles. The van der Waals surface area contributed by atoms with E-state index in [0.717, 1.165) is 17.0 Å². The van der Waals surface area contributed by atoms with Crippen LogP contribution in [0, 0.1) is 13.8 Å². The van der Waals surface area contributed by atoms with Crippen molar-refractivity contribution in [3.63, 3.8) is 0 Å². The van der Waals surface area contributed by atoms with Gasteiger partial charge in [-0.2, -0.15) is 0 Å². The third-order valence-electron chi connectivity index (χ3n) is 3.20. The molecule has 0 bridgehead atoms. The molecule has 3 N–H and O–H groups in total. The maximum Gasteiger partial charge on any atom is 0.172 e. The number of hydrogen-bond acceptors (Lipinski definition) is 5. The second kappa shape index (κ2) is 5.10. The van der Waals surface area contributed by atoms with Crippen molar-refractivity contribution in [3.8, 4) is 17.2 Å². The predicted molar refractivity (Wildman–Crippen MR) is 78.1 cm³/mol. The van der Waals surface area contributed by atoms with Crippen LogP contribution >= 0.6 is 0 Å². The normalized spacial score (nSPS) is 14.5. The molecule has 3 rings (SSSR count). The number of pyridine rings is 1. The van der Waals surface area contributed by atoms with Gasteiger partial charge in [-0.25, -0.2) is 0 Å². The first-order valence-electron chi connectivity index (χ1n) is 6.61. The Hall–Kier alpha value is -2.53. The molecule has 5 nitrogen and oxygen atoms in total. The quantitative estimate of drug-likeness (QED) is 0.886. The number of rotatable bonds is 2. The summed E-state index contributed by atoms with van der Waals surface area (Å²) in [7, 11) is 0. The number of phenolic OH excluding ortho intramolecular Hbond substituents is 1. The summed E-state index contributed by atoms with van der Waals surface area (Å²) < 4.78 is 11.2. The average molecular weight is 284 g/mol. The molecule has 0 fully saturated rings. The number of aromatic nitrogens is 1. The van der Waals surface area contributed by atoms with Gasteiger partial charge in [0, 0.05) is 11.8 Å². The van der Waals surface area contributed by atoms with Gasteiger partial charge in [0.1, 0.15) is 18.1 Å². The fraction of sp³-hybridized carbons (Fsp3) is 0.188. The van der Waals surface area contributed by atoms with Crippen molar-refractivity contribution in [1.82, 2.24) is 4.98 Å². The number of nitrogens with zero attached hydrogens (tertiary/aromatic N) is 1. The molecule has 0 amide bonds. The number of hydrogen-bond donors (Lipinski definition) is 2. The maximum absolute atomic E-state index is 9.41. The number of aromatic hydroxyl groups is 1. The Morgan fingerprint density at radius 2 is 1.95 bits per heavy atom. The van der Waals surface area contributed by atoms with Crippen LogP contribution in [0.5, 0.6) is 17.2 Å². The smallest absolute Gasteiger partial charge is 0.172 e. The van der Waals surface area contributed by atoms with E-state index >= 15 is 0 Å². The highest BCUT2D eigenvalue weighted by atomic mass is 16.6. The van der Waals surface area contributed by atoms with E-state index in [0.29, 0.717) is 17.3 Å². The summed E-state index contributed by atoms with van der Waals surface area (Å²) in [6.07, 6.45) is 1.45. The van der Waals surface area contributed by atoms with Gasteiger partial charge >= 0.3 is 0 Å². The lowest BCUT2D eigenvalue weighted by Crippen LogP contribution is -2.21. The average Bonchev–Trinajstić information content (AvgIpc) is 2.45. The Kier molecular flexibility index (Phi) is 3.27. The number of ether oxygens (including phenoxy) is 2. The zero-order valence-corrected chi connectivity index (χ0v) is 11.8. The van der Waals surface area contributed by atoms with Crippen molar-refractivity contribution < 1.29 is 14.6 Å². The zero-order valence-electron chi connectivity index (χ0n) is 11.8. The van der Waals surface area contributed by atoms with E-state index in [2.05, 4.69) is 4.98 Å². The second-order valence-corrected chi connectivity index (χ2v) is 5.06. The molecule has 2 heterocycles. The summed E-state index contributed by atoms with van der Waals surface area (Å²) >= 11 is 0. The van der Waals surface area contributed by atoms with E-state index in [9.17, 15) is 5.11 Å². The highest BCUT2D eigenvalue weighted by Crippen LogP contribution is 2.37. The van der Waals surface area contributed by atoms with Crippen LogP contribution < -0.4 is 15.2 Å². The molecule has 2 aromatic rings. The van der Waals surface area contributed by atoms with E-state index < -0.39 is 6.04 Å². The van der Waals surface area contributed by atoms with Gasteiger partial charge < -0.3 is 20.3 Å². The largest absolute Gasteiger partial charge is 0.508 e. The standard InChI is InChI=1S/C16H16N2O3/c1-9-5-10(2)18-12(6-9)16(17)15-8-20-14-7-11(19)3-4-13(14)21-15/h3-8,16,19H,17H2,1-2H3. The molecule has 1 atom stereocenters. The van der Waals surface area contributed by atoms with Crippen molar-refractivity contribution in [3.05, 3.63) is 59.3 Å². The van der Waals surface area contributed by atoms with Crippen LogP contribution in [-0.2, 0) is 0 Å². The van der Waals surface area contributed by atoms with Gasteiger partial charge in [0.25, 0.3) is 0 Å². The lowest BCUT2D eigenvalue weighted by atomic mass is 10.1. The Morgan fingerprint density at radius 3 is 2.71 bits per heavy atom. The molecular formula is C16H16N2O3. The van der Waals surface area contributed by atoms with Gasteiger partial charge in [0.15, 0.2) is 17.3 Å². The molecule has 0 saturated carbocycles. The molecule has 108 valence electrons. The molecule has 0 spiro atoms. The SMILES string of the molecule is Cc1cc(C)nc(C(N)C2=COc3cc(O)ccc3O2)c1. The first-order chi connectivity index (χ1) is 10.0. The van der Waals surface area contributed by atoms with Gasteiger partial charge in [-0.3, -0.25) is 4.98 Å². The second-order valence-electron chi connectivity index (χ2n) is 5.06. The van der Waals surface area contributed by atoms with Gasteiger partial charge in [-0.15, -0.1) is 0 Å². The third kappa shape index (κ3) is 2.68. The van der Waals surface area contributed by atoms with E-state index in [1.807, 2.05) is 26.0 Å². The van der Waals surface area contributed by atoms with Crippen LogP contribution in [0.15, 0.2) is 42.4 Å². The van der Waals surface area contributed by atoms with Crippen molar-refractivity contribution in [2.24, 2.45) is 5.73 Å². The van der Waals surface area contributed by atoms with Crippen LogP contribution in [0.4, 0.5) is 0 Å².